The molecule has 2 aliphatic carbocycles. The smallest absolute Gasteiger partial charge is 0.119 e. The first-order valence-electron chi connectivity index (χ1n) is 8.82. The van der Waals surface area contributed by atoms with Gasteiger partial charge in [0.05, 0.1) is 7.11 Å². The van der Waals surface area contributed by atoms with Gasteiger partial charge in [-0.3, -0.25) is 0 Å². The highest BCUT2D eigenvalue weighted by molar-refractivity contribution is 5.38. The van der Waals surface area contributed by atoms with Crippen molar-refractivity contribution in [1.29, 1.82) is 0 Å². The Labute approximate surface area is 134 Å². The summed E-state index contributed by atoms with van der Waals surface area (Å²) < 4.78 is 5.48. The van der Waals surface area contributed by atoms with Gasteiger partial charge in [0.1, 0.15) is 5.75 Å². The summed E-state index contributed by atoms with van der Waals surface area (Å²) in [7, 11) is 1.77. The molecule has 0 bridgehead atoms. The summed E-state index contributed by atoms with van der Waals surface area (Å²) >= 11 is 0. The quantitative estimate of drug-likeness (QED) is 0.778. The molecule has 118 valence electrons. The van der Waals surface area contributed by atoms with Gasteiger partial charge in [-0.05, 0) is 55.2 Å². The van der Waals surface area contributed by atoms with E-state index in [0.717, 1.165) is 17.6 Å². The zero-order valence-electron chi connectivity index (χ0n) is 13.6. The second kappa shape index (κ2) is 5.73. The third-order valence-corrected chi connectivity index (χ3v) is 6.22. The summed E-state index contributed by atoms with van der Waals surface area (Å²) in [4.78, 5) is 2.75. The van der Waals surface area contributed by atoms with Gasteiger partial charge in [-0.25, -0.2) is 0 Å². The molecule has 1 aliphatic heterocycles. The van der Waals surface area contributed by atoms with Crippen LogP contribution in [0.2, 0.25) is 0 Å². The summed E-state index contributed by atoms with van der Waals surface area (Å²) in [5.41, 5.74) is 1.80. The second-order valence-electron chi connectivity index (χ2n) is 7.49. The van der Waals surface area contributed by atoms with Crippen LogP contribution in [0.5, 0.6) is 5.75 Å². The molecule has 1 saturated heterocycles. The largest absolute Gasteiger partial charge is 0.497 e. The lowest BCUT2D eigenvalue weighted by molar-refractivity contribution is 0.196. The number of hydrogen-bond donors (Lipinski definition) is 0. The molecule has 1 aromatic carbocycles. The van der Waals surface area contributed by atoms with Crippen LogP contribution in [0.4, 0.5) is 0 Å². The average Bonchev–Trinajstić information content (AvgIpc) is 2.90. The van der Waals surface area contributed by atoms with Crippen molar-refractivity contribution < 1.29 is 4.74 Å². The Morgan fingerprint density at radius 2 is 2.18 bits per heavy atom. The van der Waals surface area contributed by atoms with Gasteiger partial charge in [0, 0.05) is 25.0 Å². The number of nitrogens with zero attached hydrogens (tertiary/aromatic N) is 1. The highest BCUT2D eigenvalue weighted by Crippen LogP contribution is 2.47. The minimum Gasteiger partial charge on any atom is -0.497 e. The molecule has 2 atom stereocenters. The van der Waals surface area contributed by atoms with Gasteiger partial charge in [-0.2, -0.15) is 0 Å². The Balaban J connectivity index is 1.61. The fourth-order valence-electron chi connectivity index (χ4n) is 4.72. The number of rotatable bonds is 4. The van der Waals surface area contributed by atoms with E-state index in [1.165, 1.54) is 57.3 Å². The van der Waals surface area contributed by atoms with Gasteiger partial charge < -0.3 is 9.64 Å². The molecule has 0 N–H and O–H groups in total. The number of benzene rings is 1. The van der Waals surface area contributed by atoms with E-state index < -0.39 is 0 Å². The summed E-state index contributed by atoms with van der Waals surface area (Å²) in [6.45, 7) is 3.83. The SMILES string of the molecule is COc1cccc(C23CC=CCC2CN(CC2CCC2)C3)c1. The van der Waals surface area contributed by atoms with Crippen LogP contribution in [0.3, 0.4) is 0 Å². The number of ether oxygens (including phenoxy) is 1. The monoisotopic (exact) mass is 297 g/mol. The lowest BCUT2D eigenvalue weighted by Gasteiger charge is -2.37. The van der Waals surface area contributed by atoms with Crippen molar-refractivity contribution in [2.45, 2.75) is 37.5 Å². The molecule has 0 radical (unpaired) electrons. The minimum atomic E-state index is 0.313. The maximum absolute atomic E-state index is 5.48. The van der Waals surface area contributed by atoms with Crippen molar-refractivity contribution in [2.24, 2.45) is 11.8 Å². The molecular weight excluding hydrogens is 270 g/mol. The van der Waals surface area contributed by atoms with Crippen LogP contribution < -0.4 is 4.74 Å². The van der Waals surface area contributed by atoms with E-state index in [4.69, 9.17) is 4.74 Å². The highest BCUT2D eigenvalue weighted by atomic mass is 16.5. The van der Waals surface area contributed by atoms with Crippen molar-refractivity contribution >= 4 is 0 Å². The van der Waals surface area contributed by atoms with Crippen LogP contribution in [-0.4, -0.2) is 31.6 Å². The zero-order valence-corrected chi connectivity index (χ0v) is 13.6. The Kier molecular flexibility index (Phi) is 3.73. The van der Waals surface area contributed by atoms with Crippen molar-refractivity contribution in [2.75, 3.05) is 26.7 Å². The average molecular weight is 297 g/mol. The first kappa shape index (κ1) is 14.3. The van der Waals surface area contributed by atoms with E-state index in [1.807, 2.05) is 0 Å². The van der Waals surface area contributed by atoms with Gasteiger partial charge >= 0.3 is 0 Å². The van der Waals surface area contributed by atoms with Crippen LogP contribution in [0, 0.1) is 11.8 Å². The Morgan fingerprint density at radius 3 is 2.95 bits per heavy atom. The van der Waals surface area contributed by atoms with E-state index in [2.05, 4.69) is 41.3 Å². The van der Waals surface area contributed by atoms with Crippen molar-refractivity contribution in [1.82, 2.24) is 4.90 Å². The molecule has 22 heavy (non-hydrogen) atoms. The van der Waals surface area contributed by atoms with Crippen LogP contribution in [0.25, 0.3) is 0 Å². The molecule has 1 saturated carbocycles. The third kappa shape index (κ3) is 2.38. The molecule has 2 heteroatoms. The standard InChI is InChI=1S/C20H27NO/c1-22-19-10-5-9-17(12-19)20-11-3-2-8-18(20)14-21(15-20)13-16-6-4-7-16/h2-3,5,9-10,12,16,18H,4,6-8,11,13-15H2,1H3. The third-order valence-electron chi connectivity index (χ3n) is 6.22. The Morgan fingerprint density at radius 1 is 1.27 bits per heavy atom. The molecule has 0 amide bonds. The van der Waals surface area contributed by atoms with Crippen LogP contribution >= 0.6 is 0 Å². The van der Waals surface area contributed by atoms with Crippen LogP contribution in [0.1, 0.15) is 37.7 Å². The Bertz CT molecular complexity index is 563. The lowest BCUT2D eigenvalue weighted by atomic mass is 9.67. The van der Waals surface area contributed by atoms with Gasteiger partial charge in [0.15, 0.2) is 0 Å². The van der Waals surface area contributed by atoms with Gasteiger partial charge in [-0.15, -0.1) is 0 Å². The number of likely N-dealkylation sites (tertiary alicyclic amines) is 1. The minimum absolute atomic E-state index is 0.313. The number of allylic oxidation sites excluding steroid dienone is 2. The molecule has 2 fully saturated rings. The topological polar surface area (TPSA) is 12.5 Å². The molecular formula is C20H27NO. The number of methoxy groups -OCH3 is 1. The highest BCUT2D eigenvalue weighted by Gasteiger charge is 2.47. The van der Waals surface area contributed by atoms with Gasteiger partial charge in [0.2, 0.25) is 0 Å². The number of hydrogen-bond acceptors (Lipinski definition) is 2. The molecule has 0 aromatic heterocycles. The summed E-state index contributed by atoms with van der Waals surface area (Å²) in [5, 5.41) is 0. The normalized spacial score (nSPS) is 31.8. The van der Waals surface area contributed by atoms with Crippen LogP contribution in [0.15, 0.2) is 36.4 Å². The fourth-order valence-corrected chi connectivity index (χ4v) is 4.72. The lowest BCUT2D eigenvalue weighted by Crippen LogP contribution is -2.37. The fraction of sp³-hybridized carbons (Fsp3) is 0.600. The van der Waals surface area contributed by atoms with E-state index >= 15 is 0 Å². The van der Waals surface area contributed by atoms with Crippen molar-refractivity contribution in [3.8, 4) is 5.75 Å². The molecule has 2 nitrogen and oxygen atoms in total. The molecule has 2 unspecified atom stereocenters. The van der Waals surface area contributed by atoms with Crippen molar-refractivity contribution in [3.63, 3.8) is 0 Å². The van der Waals surface area contributed by atoms with E-state index in [1.54, 1.807) is 7.11 Å². The molecule has 0 spiro atoms. The summed E-state index contributed by atoms with van der Waals surface area (Å²) in [5.74, 6) is 2.73. The van der Waals surface area contributed by atoms with E-state index in [-0.39, 0.29) is 0 Å². The molecule has 1 aromatic rings. The first-order chi connectivity index (χ1) is 10.8. The Hall–Kier alpha value is -1.28. The predicted octanol–water partition coefficient (Wildman–Crippen LogP) is 4.01. The predicted molar refractivity (Wildman–Crippen MR) is 90.3 cm³/mol. The number of fused-ring (bicyclic) bond motifs is 1. The maximum atomic E-state index is 5.48. The van der Waals surface area contributed by atoms with Crippen molar-refractivity contribution in [3.05, 3.63) is 42.0 Å². The van der Waals surface area contributed by atoms with E-state index in [0.29, 0.717) is 5.41 Å². The summed E-state index contributed by atoms with van der Waals surface area (Å²) in [6.07, 6.45) is 11.6. The first-order valence-corrected chi connectivity index (χ1v) is 8.82. The molecule has 4 rings (SSSR count). The summed E-state index contributed by atoms with van der Waals surface area (Å²) in [6, 6.07) is 8.82. The van der Waals surface area contributed by atoms with E-state index in [9.17, 15) is 0 Å². The van der Waals surface area contributed by atoms with Gasteiger partial charge in [-0.1, -0.05) is 30.7 Å². The second-order valence-corrected chi connectivity index (χ2v) is 7.49. The maximum Gasteiger partial charge on any atom is 0.119 e. The molecule has 3 aliphatic rings. The zero-order chi connectivity index (χ0) is 15.0. The molecule has 1 heterocycles. The van der Waals surface area contributed by atoms with Gasteiger partial charge in [0.25, 0.3) is 0 Å². The van der Waals surface area contributed by atoms with Crippen LogP contribution in [-0.2, 0) is 5.41 Å².